The zero-order valence-electron chi connectivity index (χ0n) is 13.7. The van der Waals surface area contributed by atoms with Gasteiger partial charge in [0.25, 0.3) is 0 Å². The van der Waals surface area contributed by atoms with E-state index in [1.54, 1.807) is 0 Å². The Labute approximate surface area is 132 Å². The van der Waals surface area contributed by atoms with Crippen molar-refractivity contribution < 1.29 is 33.1 Å². The molecule has 0 saturated heterocycles. The standard InChI is InChI=1S/C14H28O7Si/c1-4-19-22(20-5-2,21-6-3)10-8-7-9-12(14(17)18)11-13(15)16/h12H,4-11H2,1-3H3,(H,15,16)(H,17,18). The normalized spacial score (nSPS) is 13.0. The summed E-state index contributed by atoms with van der Waals surface area (Å²) in [5.74, 6) is -3.00. The van der Waals surface area contributed by atoms with Gasteiger partial charge in [0.15, 0.2) is 0 Å². The van der Waals surface area contributed by atoms with Crippen molar-refractivity contribution >= 4 is 20.7 Å². The van der Waals surface area contributed by atoms with E-state index in [4.69, 9.17) is 23.5 Å². The Morgan fingerprint density at radius 1 is 0.955 bits per heavy atom. The highest BCUT2D eigenvalue weighted by Gasteiger charge is 2.39. The molecule has 1 atom stereocenters. The van der Waals surface area contributed by atoms with Crippen molar-refractivity contribution in [3.63, 3.8) is 0 Å². The monoisotopic (exact) mass is 336 g/mol. The summed E-state index contributed by atoms with van der Waals surface area (Å²) in [7, 11) is -2.69. The van der Waals surface area contributed by atoms with Crippen LogP contribution in [0.5, 0.6) is 0 Å². The third-order valence-corrected chi connectivity index (χ3v) is 6.30. The van der Waals surface area contributed by atoms with Crippen LogP contribution >= 0.6 is 0 Å². The van der Waals surface area contributed by atoms with E-state index in [2.05, 4.69) is 0 Å². The molecule has 0 bridgehead atoms. The number of carboxylic acids is 2. The lowest BCUT2D eigenvalue weighted by Gasteiger charge is -2.28. The molecule has 2 N–H and O–H groups in total. The van der Waals surface area contributed by atoms with E-state index in [9.17, 15) is 9.59 Å². The maximum absolute atomic E-state index is 11.0. The molecule has 0 fully saturated rings. The summed E-state index contributed by atoms with van der Waals surface area (Å²) in [6, 6.07) is 0.613. The molecule has 0 aromatic carbocycles. The first kappa shape index (κ1) is 21.0. The molecule has 1 unspecified atom stereocenters. The van der Waals surface area contributed by atoms with Crippen molar-refractivity contribution in [2.45, 2.75) is 52.5 Å². The van der Waals surface area contributed by atoms with Crippen LogP contribution in [0.15, 0.2) is 0 Å². The fourth-order valence-electron chi connectivity index (χ4n) is 2.26. The molecule has 22 heavy (non-hydrogen) atoms. The van der Waals surface area contributed by atoms with E-state index in [-0.39, 0.29) is 6.42 Å². The van der Waals surface area contributed by atoms with Gasteiger partial charge in [-0.25, -0.2) is 0 Å². The minimum absolute atomic E-state index is 0.330. The van der Waals surface area contributed by atoms with E-state index in [0.29, 0.717) is 45.1 Å². The van der Waals surface area contributed by atoms with Gasteiger partial charge in [-0.05, 0) is 33.6 Å². The molecule has 0 heterocycles. The fourth-order valence-corrected chi connectivity index (χ4v) is 4.94. The summed E-state index contributed by atoms with van der Waals surface area (Å²) in [5, 5.41) is 17.7. The van der Waals surface area contributed by atoms with Gasteiger partial charge in [-0.3, -0.25) is 9.59 Å². The predicted octanol–water partition coefficient (Wildman–Crippen LogP) is 2.38. The predicted molar refractivity (Wildman–Crippen MR) is 82.7 cm³/mol. The molecule has 0 aromatic rings. The molecular formula is C14H28O7Si. The zero-order chi connectivity index (χ0) is 17.0. The largest absolute Gasteiger partial charge is 0.500 e. The number of carbonyl (C=O) groups is 2. The molecule has 0 rings (SSSR count). The molecular weight excluding hydrogens is 308 g/mol. The van der Waals surface area contributed by atoms with E-state index in [1.807, 2.05) is 20.8 Å². The third-order valence-electron chi connectivity index (χ3n) is 3.15. The first-order valence-corrected chi connectivity index (χ1v) is 9.70. The number of aliphatic carboxylic acids is 2. The lowest BCUT2D eigenvalue weighted by Crippen LogP contribution is -2.45. The Morgan fingerprint density at radius 3 is 1.82 bits per heavy atom. The minimum Gasteiger partial charge on any atom is -0.481 e. The van der Waals surface area contributed by atoms with Crippen molar-refractivity contribution in [1.29, 1.82) is 0 Å². The van der Waals surface area contributed by atoms with Crippen LogP contribution in [0.25, 0.3) is 0 Å². The van der Waals surface area contributed by atoms with Crippen LogP contribution in [0.4, 0.5) is 0 Å². The van der Waals surface area contributed by atoms with E-state index < -0.39 is 26.7 Å². The smallest absolute Gasteiger partial charge is 0.481 e. The van der Waals surface area contributed by atoms with Crippen molar-refractivity contribution in [2.24, 2.45) is 5.92 Å². The molecule has 0 radical (unpaired) electrons. The molecule has 0 amide bonds. The van der Waals surface area contributed by atoms with Crippen LogP contribution < -0.4 is 0 Å². The van der Waals surface area contributed by atoms with Gasteiger partial charge >= 0.3 is 20.7 Å². The van der Waals surface area contributed by atoms with Crippen molar-refractivity contribution in [2.75, 3.05) is 19.8 Å². The molecule has 130 valence electrons. The minimum atomic E-state index is -2.69. The van der Waals surface area contributed by atoms with Gasteiger partial charge in [0.05, 0.1) is 12.3 Å². The number of hydrogen-bond donors (Lipinski definition) is 2. The Morgan fingerprint density at radius 2 is 1.45 bits per heavy atom. The van der Waals surface area contributed by atoms with Gasteiger partial charge in [0, 0.05) is 25.9 Å². The van der Waals surface area contributed by atoms with Gasteiger partial charge in [-0.2, -0.15) is 0 Å². The summed E-state index contributed by atoms with van der Waals surface area (Å²) in [6.07, 6.45) is 1.28. The number of rotatable bonds is 14. The second-order valence-corrected chi connectivity index (χ2v) is 7.59. The first-order chi connectivity index (χ1) is 10.4. The Kier molecular flexibility index (Phi) is 11.1. The molecule has 0 spiro atoms. The SMILES string of the molecule is CCO[Si](CCCCC(CC(=O)O)C(=O)O)(OCC)OCC. The molecule has 0 aliphatic rings. The Hall–Kier alpha value is -0.963. The summed E-state index contributed by atoms with van der Waals surface area (Å²) in [4.78, 5) is 21.6. The Balaban J connectivity index is 4.40. The highest BCUT2D eigenvalue weighted by molar-refractivity contribution is 6.60. The van der Waals surface area contributed by atoms with E-state index in [0.717, 1.165) is 0 Å². The molecule has 0 saturated carbocycles. The second kappa shape index (κ2) is 11.6. The van der Waals surface area contributed by atoms with Crippen LogP contribution in [0.1, 0.15) is 46.5 Å². The quantitative estimate of drug-likeness (QED) is 0.371. The highest BCUT2D eigenvalue weighted by atomic mass is 28.4. The van der Waals surface area contributed by atoms with Gasteiger partial charge in [-0.15, -0.1) is 0 Å². The summed E-state index contributed by atoms with van der Waals surface area (Å²) >= 11 is 0. The number of carboxylic acid groups (broad SMARTS) is 2. The molecule has 0 aliphatic carbocycles. The molecule has 0 aliphatic heterocycles. The summed E-state index contributed by atoms with van der Waals surface area (Å²) in [6.45, 7) is 7.16. The lowest BCUT2D eigenvalue weighted by molar-refractivity contribution is -0.148. The van der Waals surface area contributed by atoms with Crippen LogP contribution in [0, 0.1) is 5.92 Å². The van der Waals surface area contributed by atoms with Crippen molar-refractivity contribution in [3.8, 4) is 0 Å². The Bertz CT molecular complexity index is 318. The lowest BCUT2D eigenvalue weighted by atomic mass is 9.99. The first-order valence-electron chi connectivity index (χ1n) is 7.77. The van der Waals surface area contributed by atoms with Crippen LogP contribution in [-0.2, 0) is 22.9 Å². The highest BCUT2D eigenvalue weighted by Crippen LogP contribution is 2.22. The maximum Gasteiger partial charge on any atom is 0.500 e. The molecule has 8 heteroatoms. The van der Waals surface area contributed by atoms with E-state index in [1.165, 1.54) is 0 Å². The number of unbranched alkanes of at least 4 members (excludes halogenated alkanes) is 1. The fraction of sp³-hybridized carbons (Fsp3) is 0.857. The van der Waals surface area contributed by atoms with Crippen LogP contribution in [-0.4, -0.2) is 50.8 Å². The molecule has 0 aromatic heterocycles. The summed E-state index contributed by atoms with van der Waals surface area (Å²) < 4.78 is 17.1. The average Bonchev–Trinajstić information content (AvgIpc) is 2.42. The summed E-state index contributed by atoms with van der Waals surface area (Å²) in [5.41, 5.74) is 0. The maximum atomic E-state index is 11.0. The zero-order valence-corrected chi connectivity index (χ0v) is 14.7. The van der Waals surface area contributed by atoms with E-state index >= 15 is 0 Å². The van der Waals surface area contributed by atoms with Crippen molar-refractivity contribution in [1.82, 2.24) is 0 Å². The van der Waals surface area contributed by atoms with Crippen LogP contribution in [0.3, 0.4) is 0 Å². The van der Waals surface area contributed by atoms with Gasteiger partial charge < -0.3 is 23.5 Å². The third kappa shape index (κ3) is 8.47. The van der Waals surface area contributed by atoms with Crippen LogP contribution in [0.2, 0.25) is 6.04 Å². The average molecular weight is 336 g/mol. The number of hydrogen-bond acceptors (Lipinski definition) is 5. The van der Waals surface area contributed by atoms with Gasteiger partial charge in [0.1, 0.15) is 0 Å². The van der Waals surface area contributed by atoms with Gasteiger partial charge in [0.2, 0.25) is 0 Å². The van der Waals surface area contributed by atoms with Crippen molar-refractivity contribution in [3.05, 3.63) is 0 Å². The topological polar surface area (TPSA) is 102 Å². The molecule has 7 nitrogen and oxygen atoms in total. The van der Waals surface area contributed by atoms with Gasteiger partial charge in [-0.1, -0.05) is 6.42 Å². The second-order valence-electron chi connectivity index (χ2n) is 4.86.